The number of nitrogens with zero attached hydrogens (tertiary/aromatic N) is 1. The van der Waals surface area contributed by atoms with Crippen molar-refractivity contribution in [1.29, 1.82) is 0 Å². The van der Waals surface area contributed by atoms with Gasteiger partial charge in [-0.25, -0.2) is 0 Å². The molecule has 1 rings (SSSR count). The minimum atomic E-state index is -0.505. The molecule has 66 valence electrons. The third-order valence-electron chi connectivity index (χ3n) is 1.03. The molecule has 1 aliphatic heterocycles. The van der Waals surface area contributed by atoms with Crippen LogP contribution >= 0.6 is 0 Å². The second-order valence-corrected chi connectivity index (χ2v) is 2.31. The maximum absolute atomic E-state index is 10.2. The van der Waals surface area contributed by atoms with Crippen molar-refractivity contribution in [2.24, 2.45) is 0 Å². The zero-order chi connectivity index (χ0) is 8.85. The van der Waals surface area contributed by atoms with Gasteiger partial charge in [-0.05, 0) is 0 Å². The Bertz CT molecular complexity index is 145. The van der Waals surface area contributed by atoms with E-state index in [2.05, 4.69) is 13.8 Å². The first-order valence-electron chi connectivity index (χ1n) is 3.68. The number of amides is 2. The normalized spacial score (nSPS) is 16.5. The third-order valence-corrected chi connectivity index (χ3v) is 1.03. The van der Waals surface area contributed by atoms with E-state index >= 15 is 0 Å². The average molecular weight is 161 g/mol. The first kappa shape index (κ1) is 10.1. The van der Waals surface area contributed by atoms with Crippen LogP contribution in [0.2, 0.25) is 0 Å². The molecule has 0 atom stereocenters. The molecule has 4 nitrogen and oxygen atoms in total. The van der Waals surface area contributed by atoms with Gasteiger partial charge in [0.2, 0.25) is 0 Å². The van der Waals surface area contributed by atoms with Gasteiger partial charge in [0, 0.05) is 14.3 Å². The molecule has 0 aliphatic carbocycles. The van der Waals surface area contributed by atoms with Crippen LogP contribution in [0.5, 0.6) is 0 Å². The smallest absolute Gasteiger partial charge is 0.253 e. The molecule has 0 aromatic rings. The summed E-state index contributed by atoms with van der Waals surface area (Å²) in [6.45, 7) is 4.25. The van der Waals surface area contributed by atoms with E-state index in [9.17, 15) is 9.59 Å². The summed E-state index contributed by atoms with van der Waals surface area (Å²) >= 11 is 0. The Morgan fingerprint density at radius 1 is 1.36 bits per heavy atom. The van der Waals surface area contributed by atoms with Crippen molar-refractivity contribution in [2.75, 3.05) is 0 Å². The molecule has 1 fully saturated rings. The Kier molecular flexibility index (Phi) is 4.45. The fraction of sp³-hybridized carbons (Fsp3) is 0.714. The van der Waals surface area contributed by atoms with Crippen molar-refractivity contribution >= 4 is 11.8 Å². The van der Waals surface area contributed by atoms with Gasteiger partial charge in [0.25, 0.3) is 11.8 Å². The monoisotopic (exact) mass is 161 g/mol. The van der Waals surface area contributed by atoms with Crippen molar-refractivity contribution in [1.82, 2.24) is 5.06 Å². The maximum Gasteiger partial charge on any atom is 0.253 e. The summed E-state index contributed by atoms with van der Waals surface area (Å²) in [6, 6.07) is 0. The molecule has 4 heteroatoms. The fourth-order valence-electron chi connectivity index (χ4n) is 0.565. The number of imide groups is 1. The molecule has 0 saturated carbocycles. The Morgan fingerprint density at radius 2 is 1.64 bits per heavy atom. The SMILES string of the molecule is CCC.O=C1CCC(=O)N1O.[HH]. The predicted molar refractivity (Wildman–Crippen MR) is 41.0 cm³/mol. The van der Waals surface area contributed by atoms with E-state index in [-0.39, 0.29) is 19.3 Å². The lowest BCUT2D eigenvalue weighted by Gasteiger charge is -1.98. The lowest BCUT2D eigenvalue weighted by Crippen LogP contribution is -2.24. The van der Waals surface area contributed by atoms with E-state index in [1.807, 2.05) is 0 Å². The Labute approximate surface area is 67.2 Å². The second kappa shape index (κ2) is 4.85. The summed E-state index contributed by atoms with van der Waals surface area (Å²) in [6.07, 6.45) is 1.55. The van der Waals surface area contributed by atoms with E-state index < -0.39 is 11.8 Å². The molecule has 2 amide bonds. The molecule has 0 unspecified atom stereocenters. The van der Waals surface area contributed by atoms with Crippen LogP contribution in [0.3, 0.4) is 0 Å². The van der Waals surface area contributed by atoms with Crippen molar-refractivity contribution in [3.05, 3.63) is 0 Å². The summed E-state index contributed by atoms with van der Waals surface area (Å²) in [4.78, 5) is 20.5. The molecule has 11 heavy (non-hydrogen) atoms. The van der Waals surface area contributed by atoms with E-state index in [1.54, 1.807) is 0 Å². The van der Waals surface area contributed by atoms with E-state index in [0.717, 1.165) is 0 Å². The molecule has 0 bridgehead atoms. The van der Waals surface area contributed by atoms with Crippen LogP contribution in [0.1, 0.15) is 34.5 Å². The van der Waals surface area contributed by atoms with Gasteiger partial charge in [0.1, 0.15) is 0 Å². The van der Waals surface area contributed by atoms with Gasteiger partial charge in [-0.15, -0.1) is 0 Å². The molecule has 1 aliphatic rings. The topological polar surface area (TPSA) is 57.6 Å². The standard InChI is InChI=1S/C4H5NO3.C3H8.H2/c6-3-1-2-4(7)5(3)8;1-3-2;/h8H,1-2H2;3H2,1-2H3;1H. The Morgan fingerprint density at radius 3 is 1.73 bits per heavy atom. The van der Waals surface area contributed by atoms with Crippen molar-refractivity contribution in [2.45, 2.75) is 33.1 Å². The maximum atomic E-state index is 10.2. The van der Waals surface area contributed by atoms with Gasteiger partial charge in [-0.3, -0.25) is 14.8 Å². The number of rotatable bonds is 0. The second-order valence-electron chi connectivity index (χ2n) is 2.31. The van der Waals surface area contributed by atoms with E-state index in [4.69, 9.17) is 5.21 Å². The predicted octanol–water partition coefficient (Wildman–Crippen LogP) is 1.19. The van der Waals surface area contributed by atoms with E-state index in [1.165, 1.54) is 6.42 Å². The summed E-state index contributed by atoms with van der Waals surface area (Å²) in [5, 5.41) is 8.57. The molecular formula is C7H15NO3. The van der Waals surface area contributed by atoms with Gasteiger partial charge in [-0.2, -0.15) is 5.06 Å². The minimum absolute atomic E-state index is 0. The molecule has 1 saturated heterocycles. The first-order chi connectivity index (χ1) is 5.13. The van der Waals surface area contributed by atoms with Gasteiger partial charge in [0.05, 0.1) is 0 Å². The van der Waals surface area contributed by atoms with E-state index in [0.29, 0.717) is 0 Å². The number of hydrogen-bond acceptors (Lipinski definition) is 3. The zero-order valence-electron chi connectivity index (χ0n) is 6.83. The number of hydrogen-bond donors (Lipinski definition) is 1. The van der Waals surface area contributed by atoms with Crippen LogP contribution in [0, 0.1) is 0 Å². The highest BCUT2D eigenvalue weighted by Crippen LogP contribution is 2.06. The molecule has 1 N–H and O–H groups in total. The Balaban J connectivity index is 0. The van der Waals surface area contributed by atoms with Crippen LogP contribution in [0.25, 0.3) is 0 Å². The highest BCUT2D eigenvalue weighted by Gasteiger charge is 2.26. The third kappa shape index (κ3) is 3.13. The van der Waals surface area contributed by atoms with Crippen LogP contribution in [-0.2, 0) is 9.59 Å². The number of carbonyl (C=O) groups is 2. The first-order valence-corrected chi connectivity index (χ1v) is 3.68. The van der Waals surface area contributed by atoms with Crippen molar-refractivity contribution in [3.8, 4) is 0 Å². The van der Waals surface area contributed by atoms with Crippen molar-refractivity contribution < 1.29 is 16.2 Å². The lowest BCUT2D eigenvalue weighted by molar-refractivity contribution is -0.171. The van der Waals surface area contributed by atoms with Gasteiger partial charge < -0.3 is 0 Å². The zero-order valence-corrected chi connectivity index (χ0v) is 6.83. The molecule has 0 radical (unpaired) electrons. The van der Waals surface area contributed by atoms with Crippen LogP contribution in [0.4, 0.5) is 0 Å². The quantitative estimate of drug-likeness (QED) is 0.429. The molecule has 1 heterocycles. The van der Waals surface area contributed by atoms with Crippen LogP contribution in [-0.4, -0.2) is 22.1 Å². The molecule has 0 spiro atoms. The Hall–Kier alpha value is -0.900. The highest BCUT2D eigenvalue weighted by atomic mass is 16.5. The van der Waals surface area contributed by atoms with Crippen LogP contribution in [0.15, 0.2) is 0 Å². The largest absolute Gasteiger partial charge is 0.279 e. The fourth-order valence-corrected chi connectivity index (χ4v) is 0.565. The summed E-state index contributed by atoms with van der Waals surface area (Å²) in [5.74, 6) is -1.01. The highest BCUT2D eigenvalue weighted by molar-refractivity contribution is 6.00. The number of hydroxylamine groups is 2. The van der Waals surface area contributed by atoms with Crippen molar-refractivity contribution in [3.63, 3.8) is 0 Å². The molecular weight excluding hydrogens is 146 g/mol. The summed E-state index contributed by atoms with van der Waals surface area (Å²) in [5.41, 5.74) is 0. The lowest BCUT2D eigenvalue weighted by atomic mass is 10.4. The summed E-state index contributed by atoms with van der Waals surface area (Å²) < 4.78 is 0. The van der Waals surface area contributed by atoms with Crippen LogP contribution < -0.4 is 0 Å². The average Bonchev–Trinajstić information content (AvgIpc) is 2.22. The molecule has 0 aromatic heterocycles. The summed E-state index contributed by atoms with van der Waals surface area (Å²) in [7, 11) is 0. The molecule has 0 aromatic carbocycles. The van der Waals surface area contributed by atoms with Gasteiger partial charge in [0.15, 0.2) is 0 Å². The minimum Gasteiger partial charge on any atom is -0.279 e. The van der Waals surface area contributed by atoms with Gasteiger partial charge in [-0.1, -0.05) is 20.3 Å². The van der Waals surface area contributed by atoms with Gasteiger partial charge >= 0.3 is 0 Å². The number of carbonyl (C=O) groups excluding carboxylic acids is 2.